The van der Waals surface area contributed by atoms with Crippen molar-refractivity contribution in [3.05, 3.63) is 12.3 Å². The molecule has 32 heavy (non-hydrogen) atoms. The van der Waals surface area contributed by atoms with Crippen molar-refractivity contribution in [3.63, 3.8) is 0 Å². The molecule has 0 aromatic carbocycles. The van der Waals surface area contributed by atoms with Crippen LogP contribution in [0.5, 0.6) is 0 Å². The number of carbonyl (C=O) groups is 2. The van der Waals surface area contributed by atoms with Crippen molar-refractivity contribution < 1.29 is 19.1 Å². The topological polar surface area (TPSA) is 118 Å². The summed E-state index contributed by atoms with van der Waals surface area (Å²) in [4.78, 5) is 25.2. The van der Waals surface area contributed by atoms with Gasteiger partial charge in [0, 0.05) is 32.4 Å². The number of ether oxygens (including phenoxy) is 2. The molecule has 4 atom stereocenters. The fourth-order valence-electron chi connectivity index (χ4n) is 3.74. The molecule has 0 spiro atoms. The summed E-state index contributed by atoms with van der Waals surface area (Å²) in [6.07, 6.45) is 2.20. The van der Waals surface area contributed by atoms with Gasteiger partial charge in [0.1, 0.15) is 6.04 Å². The Kier molecular flexibility index (Phi) is 12.2. The van der Waals surface area contributed by atoms with Crippen LogP contribution in [0.2, 0.25) is 0 Å². The molecule has 1 aliphatic heterocycles. The molecule has 1 rings (SSSR count). The minimum absolute atomic E-state index is 0.0388. The number of hydrogen-bond acceptors (Lipinski definition) is 8. The average molecular weight is 456 g/mol. The Hall–Kier alpha value is -1.68. The summed E-state index contributed by atoms with van der Waals surface area (Å²) in [6.45, 7) is 17.0. The van der Waals surface area contributed by atoms with Gasteiger partial charge in [0.05, 0.1) is 18.8 Å². The zero-order chi connectivity index (χ0) is 24.3. The van der Waals surface area contributed by atoms with Gasteiger partial charge >= 0.3 is 5.97 Å². The number of likely N-dealkylation sites (N-methyl/N-ethyl adjacent to an activating group) is 1. The number of hydrazine groups is 1. The summed E-state index contributed by atoms with van der Waals surface area (Å²) in [6, 6.07) is -1.18. The minimum Gasteiger partial charge on any atom is -0.464 e. The van der Waals surface area contributed by atoms with E-state index >= 15 is 0 Å². The van der Waals surface area contributed by atoms with Gasteiger partial charge in [-0.2, -0.15) is 0 Å². The highest BCUT2D eigenvalue weighted by atomic mass is 16.5. The highest BCUT2D eigenvalue weighted by Gasteiger charge is 2.32. The Bertz CT molecular complexity index is 613. The van der Waals surface area contributed by atoms with Crippen LogP contribution in [-0.2, 0) is 19.1 Å². The van der Waals surface area contributed by atoms with Crippen LogP contribution in [0.15, 0.2) is 12.3 Å². The van der Waals surface area contributed by atoms with Gasteiger partial charge in [-0.1, -0.05) is 34.3 Å². The standard InChI is InChI=1S/C23H45N5O4/c1-8-25-14-19(24)21(29)28-11-9-10-20(27-28)22(30)32-15-23(5,6)12-16(2)13-26-17(3)18(4)31-7/h16,18-20,25-27H,3,8-15,24H2,1-2,4-7H3/t16?,18-,19?,20-/m0/s1. The molecule has 0 aromatic heterocycles. The zero-order valence-corrected chi connectivity index (χ0v) is 20.8. The highest BCUT2D eigenvalue weighted by Crippen LogP contribution is 2.26. The number of nitrogens with one attached hydrogen (secondary N) is 3. The van der Waals surface area contributed by atoms with E-state index < -0.39 is 12.1 Å². The number of nitrogens with zero attached hydrogens (tertiary/aromatic N) is 1. The fourth-order valence-corrected chi connectivity index (χ4v) is 3.74. The highest BCUT2D eigenvalue weighted by molar-refractivity contribution is 5.83. The summed E-state index contributed by atoms with van der Waals surface area (Å²) in [5.41, 5.74) is 9.64. The molecule has 1 aliphatic rings. The third-order valence-electron chi connectivity index (χ3n) is 5.70. The lowest BCUT2D eigenvalue weighted by atomic mass is 9.84. The van der Waals surface area contributed by atoms with Gasteiger partial charge in [-0.25, -0.2) is 5.43 Å². The normalized spacial score (nSPS) is 19.7. The van der Waals surface area contributed by atoms with Gasteiger partial charge in [-0.3, -0.25) is 14.6 Å². The molecule has 2 unspecified atom stereocenters. The predicted octanol–water partition coefficient (Wildman–Crippen LogP) is 1.15. The lowest BCUT2D eigenvalue weighted by Crippen LogP contribution is -2.60. The molecule has 1 saturated heterocycles. The second-order valence-electron chi connectivity index (χ2n) is 9.59. The van der Waals surface area contributed by atoms with E-state index in [1.54, 1.807) is 7.11 Å². The largest absolute Gasteiger partial charge is 0.464 e. The van der Waals surface area contributed by atoms with Crippen LogP contribution < -0.4 is 21.8 Å². The van der Waals surface area contributed by atoms with Crippen LogP contribution in [0.1, 0.15) is 53.9 Å². The second-order valence-corrected chi connectivity index (χ2v) is 9.59. The van der Waals surface area contributed by atoms with E-state index in [0.717, 1.165) is 31.6 Å². The maximum atomic E-state index is 12.7. The number of hydrogen-bond donors (Lipinski definition) is 4. The van der Waals surface area contributed by atoms with Crippen LogP contribution in [0.25, 0.3) is 0 Å². The average Bonchev–Trinajstić information content (AvgIpc) is 2.78. The summed E-state index contributed by atoms with van der Waals surface area (Å²) in [7, 11) is 1.66. The Morgan fingerprint density at radius 3 is 2.62 bits per heavy atom. The smallest absolute Gasteiger partial charge is 0.324 e. The van der Waals surface area contributed by atoms with Crippen molar-refractivity contribution in [1.82, 2.24) is 21.1 Å². The predicted molar refractivity (Wildman–Crippen MR) is 127 cm³/mol. The molecule has 0 aliphatic carbocycles. The number of rotatable bonds is 14. The van der Waals surface area contributed by atoms with Gasteiger partial charge in [0.15, 0.2) is 0 Å². The van der Waals surface area contributed by atoms with Gasteiger partial charge in [-0.05, 0) is 44.1 Å². The maximum absolute atomic E-state index is 12.7. The van der Waals surface area contributed by atoms with E-state index in [9.17, 15) is 9.59 Å². The Balaban J connectivity index is 2.47. The molecule has 0 radical (unpaired) electrons. The molecule has 0 saturated carbocycles. The van der Waals surface area contributed by atoms with Gasteiger partial charge < -0.3 is 25.8 Å². The molecule has 9 heteroatoms. The van der Waals surface area contributed by atoms with Crippen molar-refractivity contribution >= 4 is 11.9 Å². The number of amides is 1. The van der Waals surface area contributed by atoms with E-state index in [1.165, 1.54) is 5.01 Å². The lowest BCUT2D eigenvalue weighted by molar-refractivity contribution is -0.155. The maximum Gasteiger partial charge on any atom is 0.324 e. The number of esters is 1. The van der Waals surface area contributed by atoms with Crippen molar-refractivity contribution in [1.29, 1.82) is 0 Å². The van der Waals surface area contributed by atoms with Crippen LogP contribution in [0.4, 0.5) is 0 Å². The molecule has 5 N–H and O–H groups in total. The first-order valence-electron chi connectivity index (χ1n) is 11.7. The SMILES string of the molecule is C=C(NCC(C)CC(C)(C)COC(=O)[C@@H]1CCCN(C(=O)C(N)CNCC)N1)[C@H](C)OC. The first-order valence-corrected chi connectivity index (χ1v) is 11.7. The molecular formula is C23H45N5O4. The molecule has 1 amide bonds. The van der Waals surface area contributed by atoms with Gasteiger partial charge in [0.25, 0.3) is 5.91 Å². The zero-order valence-electron chi connectivity index (χ0n) is 20.8. The quantitative estimate of drug-likeness (QED) is 0.288. The second kappa shape index (κ2) is 13.8. The van der Waals surface area contributed by atoms with Crippen molar-refractivity contribution in [3.8, 4) is 0 Å². The Morgan fingerprint density at radius 2 is 2.00 bits per heavy atom. The molecular weight excluding hydrogens is 410 g/mol. The van der Waals surface area contributed by atoms with E-state index in [2.05, 4.69) is 43.4 Å². The van der Waals surface area contributed by atoms with E-state index in [4.69, 9.17) is 15.2 Å². The van der Waals surface area contributed by atoms with E-state index in [1.807, 2.05) is 13.8 Å². The third kappa shape index (κ3) is 9.85. The van der Waals surface area contributed by atoms with Crippen LogP contribution in [0, 0.1) is 11.3 Å². The van der Waals surface area contributed by atoms with Gasteiger partial charge in [-0.15, -0.1) is 0 Å². The molecule has 9 nitrogen and oxygen atoms in total. The first-order chi connectivity index (χ1) is 15.0. The first kappa shape index (κ1) is 28.4. The van der Waals surface area contributed by atoms with Crippen LogP contribution >= 0.6 is 0 Å². The molecule has 0 aromatic rings. The van der Waals surface area contributed by atoms with E-state index in [-0.39, 0.29) is 23.4 Å². The van der Waals surface area contributed by atoms with Crippen LogP contribution in [0.3, 0.4) is 0 Å². The van der Waals surface area contributed by atoms with Gasteiger partial charge in [0.2, 0.25) is 0 Å². The molecule has 0 bridgehead atoms. The Morgan fingerprint density at radius 1 is 1.31 bits per heavy atom. The summed E-state index contributed by atoms with van der Waals surface area (Å²) < 4.78 is 10.9. The van der Waals surface area contributed by atoms with E-state index in [0.29, 0.717) is 32.0 Å². The lowest BCUT2D eigenvalue weighted by Gasteiger charge is -2.35. The third-order valence-corrected chi connectivity index (χ3v) is 5.70. The van der Waals surface area contributed by atoms with Crippen molar-refractivity contribution in [2.45, 2.75) is 72.1 Å². The number of methoxy groups -OCH3 is 1. The van der Waals surface area contributed by atoms with Crippen LogP contribution in [-0.4, -0.2) is 75.0 Å². The number of nitrogens with two attached hydrogens (primary N) is 1. The molecule has 1 fully saturated rings. The monoisotopic (exact) mass is 455 g/mol. The number of carbonyl (C=O) groups excluding carboxylic acids is 2. The molecule has 186 valence electrons. The summed E-state index contributed by atoms with van der Waals surface area (Å²) >= 11 is 0. The fraction of sp³-hybridized carbons (Fsp3) is 0.826. The minimum atomic E-state index is -0.644. The molecule has 1 heterocycles. The summed E-state index contributed by atoms with van der Waals surface area (Å²) in [5, 5.41) is 7.85. The van der Waals surface area contributed by atoms with Crippen molar-refractivity contribution in [2.75, 3.05) is 39.9 Å². The summed E-state index contributed by atoms with van der Waals surface area (Å²) in [5.74, 6) is -0.179. The van der Waals surface area contributed by atoms with Crippen molar-refractivity contribution in [2.24, 2.45) is 17.1 Å². The Labute approximate surface area is 193 Å².